The van der Waals surface area contributed by atoms with Crippen LogP contribution in [0.5, 0.6) is 0 Å². The number of rotatable bonds is 41. The van der Waals surface area contributed by atoms with Crippen LogP contribution < -0.4 is 5.32 Å². The van der Waals surface area contributed by atoms with Crippen LogP contribution in [0.3, 0.4) is 0 Å². The second kappa shape index (κ2) is 41.6. The highest BCUT2D eigenvalue weighted by Gasteiger charge is 2.20. The molecule has 0 aliphatic heterocycles. The van der Waals surface area contributed by atoms with Gasteiger partial charge in [-0.2, -0.15) is 0 Å². The molecule has 0 aliphatic rings. The van der Waals surface area contributed by atoms with Gasteiger partial charge in [-0.25, -0.2) is 0 Å². The van der Waals surface area contributed by atoms with Gasteiger partial charge in [-0.1, -0.05) is 224 Å². The molecule has 51 heavy (non-hydrogen) atoms. The van der Waals surface area contributed by atoms with Crippen LogP contribution in [0.25, 0.3) is 0 Å². The van der Waals surface area contributed by atoms with Crippen molar-refractivity contribution in [2.75, 3.05) is 6.61 Å². The minimum absolute atomic E-state index is 0.00982. The molecule has 0 saturated carbocycles. The number of aliphatic hydroxyl groups is 3. The molecule has 5 nitrogen and oxygen atoms in total. The van der Waals surface area contributed by atoms with Crippen LogP contribution in [0.4, 0.5) is 0 Å². The van der Waals surface area contributed by atoms with Gasteiger partial charge in [0.1, 0.15) is 0 Å². The summed E-state index contributed by atoms with van der Waals surface area (Å²) in [6.45, 7) is 4.21. The van der Waals surface area contributed by atoms with E-state index in [2.05, 4.69) is 31.3 Å². The fourth-order valence-electron chi connectivity index (χ4n) is 7.00. The monoisotopic (exact) mass is 720 g/mol. The van der Waals surface area contributed by atoms with E-state index in [0.29, 0.717) is 6.42 Å². The Balaban J connectivity index is 3.66. The topological polar surface area (TPSA) is 89.8 Å². The van der Waals surface area contributed by atoms with E-state index < -0.39 is 18.2 Å². The molecule has 3 unspecified atom stereocenters. The number of carbonyl (C=O) groups is 1. The maximum Gasteiger partial charge on any atom is 0.222 e. The van der Waals surface area contributed by atoms with Crippen LogP contribution in [-0.4, -0.2) is 46.1 Å². The number of aliphatic hydroxyl groups excluding tert-OH is 3. The second-order valence-electron chi connectivity index (χ2n) is 15.7. The van der Waals surface area contributed by atoms with Crippen LogP contribution in [-0.2, 0) is 4.79 Å². The van der Waals surface area contributed by atoms with Gasteiger partial charge in [-0.15, -0.1) is 0 Å². The highest BCUT2D eigenvalue weighted by Crippen LogP contribution is 2.16. The number of hydrogen-bond donors (Lipinski definition) is 4. The second-order valence-corrected chi connectivity index (χ2v) is 15.7. The van der Waals surface area contributed by atoms with Gasteiger partial charge >= 0.3 is 0 Å². The maximum absolute atomic E-state index is 12.4. The zero-order valence-corrected chi connectivity index (χ0v) is 34.2. The molecule has 4 N–H and O–H groups in total. The first-order valence-corrected chi connectivity index (χ1v) is 22.6. The molecular weight excluding hydrogens is 631 g/mol. The fraction of sp³-hybridized carbons (Fsp3) is 0.891. The minimum atomic E-state index is -0.948. The Morgan fingerprint density at radius 3 is 1.25 bits per heavy atom. The van der Waals surface area contributed by atoms with Gasteiger partial charge in [0.15, 0.2) is 0 Å². The lowest BCUT2D eigenvalue weighted by atomic mass is 10.0. The summed E-state index contributed by atoms with van der Waals surface area (Å²) in [5.74, 6) is -0.322. The van der Waals surface area contributed by atoms with E-state index >= 15 is 0 Å². The van der Waals surface area contributed by atoms with Crippen molar-refractivity contribution in [3.63, 3.8) is 0 Å². The predicted molar refractivity (Wildman–Crippen MR) is 222 cm³/mol. The first-order chi connectivity index (χ1) is 25.0. The molecular formula is C46H89NO4. The van der Waals surface area contributed by atoms with E-state index in [1.54, 1.807) is 6.08 Å². The third-order valence-electron chi connectivity index (χ3n) is 10.5. The third kappa shape index (κ3) is 38.4. The van der Waals surface area contributed by atoms with Crippen LogP contribution in [0, 0.1) is 0 Å². The van der Waals surface area contributed by atoms with E-state index in [1.807, 2.05) is 6.08 Å². The smallest absolute Gasteiger partial charge is 0.222 e. The van der Waals surface area contributed by atoms with Crippen molar-refractivity contribution in [1.82, 2.24) is 5.32 Å². The zero-order valence-electron chi connectivity index (χ0n) is 34.2. The van der Waals surface area contributed by atoms with Crippen molar-refractivity contribution in [2.45, 2.75) is 257 Å². The Labute approximate surface area is 318 Å². The third-order valence-corrected chi connectivity index (χ3v) is 10.5. The Kier molecular flexibility index (Phi) is 40.6. The molecule has 0 rings (SSSR count). The van der Waals surface area contributed by atoms with Gasteiger partial charge < -0.3 is 20.6 Å². The van der Waals surface area contributed by atoms with Crippen LogP contribution in [0.15, 0.2) is 24.3 Å². The summed E-state index contributed by atoms with van der Waals surface area (Å²) in [6.07, 6.45) is 50.4. The maximum atomic E-state index is 12.4. The summed E-state index contributed by atoms with van der Waals surface area (Å²) in [7, 11) is 0. The van der Waals surface area contributed by atoms with Crippen molar-refractivity contribution in [3.8, 4) is 0 Å². The zero-order chi connectivity index (χ0) is 37.3. The molecule has 1 amide bonds. The molecule has 0 saturated heterocycles. The lowest BCUT2D eigenvalue weighted by Crippen LogP contribution is -2.45. The Hall–Kier alpha value is -1.17. The molecule has 5 heteroatoms. The molecule has 302 valence electrons. The highest BCUT2D eigenvalue weighted by molar-refractivity contribution is 5.76. The first-order valence-electron chi connectivity index (χ1n) is 22.6. The predicted octanol–water partition coefficient (Wildman–Crippen LogP) is 13.0. The van der Waals surface area contributed by atoms with Crippen LogP contribution in [0.1, 0.15) is 239 Å². The van der Waals surface area contributed by atoms with E-state index in [0.717, 1.165) is 32.1 Å². The quantitative estimate of drug-likeness (QED) is 0.0374. The lowest BCUT2D eigenvalue weighted by Gasteiger charge is -2.21. The molecule has 0 fully saturated rings. The first kappa shape index (κ1) is 49.8. The fourth-order valence-corrected chi connectivity index (χ4v) is 7.00. The van der Waals surface area contributed by atoms with Crippen molar-refractivity contribution in [1.29, 1.82) is 0 Å². The molecule has 0 spiro atoms. The van der Waals surface area contributed by atoms with Gasteiger partial charge in [-0.3, -0.25) is 4.79 Å². The van der Waals surface area contributed by atoms with Crippen LogP contribution >= 0.6 is 0 Å². The van der Waals surface area contributed by atoms with Crippen molar-refractivity contribution in [3.05, 3.63) is 24.3 Å². The van der Waals surface area contributed by atoms with Crippen molar-refractivity contribution in [2.24, 2.45) is 0 Å². The summed E-state index contributed by atoms with van der Waals surface area (Å²) < 4.78 is 0. The standard InChI is InChI=1S/C46H89NO4/c1-3-5-7-9-11-13-15-17-19-21-22-23-24-25-27-29-31-33-35-37-39-43(49)41-46(51)47-44(42-48)45(50)40-38-36-34-32-30-28-26-20-18-16-14-12-10-8-6-4-2/h30,32,38,40,43-45,48-50H,3-29,31,33-37,39,41-42H2,1-2H3,(H,47,51)/b32-30+,40-38+. The molecule has 0 aliphatic carbocycles. The molecule has 0 aromatic carbocycles. The van der Waals surface area contributed by atoms with Gasteiger partial charge in [0.25, 0.3) is 0 Å². The summed E-state index contributed by atoms with van der Waals surface area (Å²) in [5, 5.41) is 33.2. The normalized spacial score (nSPS) is 13.7. The SMILES string of the molecule is CCCCCCCCCCCC/C=C/CC/C=C/C(O)C(CO)NC(=O)CC(O)CCCCCCCCCCCCCCCCCCCCCC. The Morgan fingerprint density at radius 2 is 0.843 bits per heavy atom. The summed E-state index contributed by atoms with van der Waals surface area (Å²) in [4.78, 5) is 12.4. The molecule has 0 radical (unpaired) electrons. The van der Waals surface area contributed by atoms with Crippen molar-refractivity contribution >= 4 is 5.91 Å². The average Bonchev–Trinajstić information content (AvgIpc) is 3.12. The van der Waals surface area contributed by atoms with E-state index in [4.69, 9.17) is 0 Å². The summed E-state index contributed by atoms with van der Waals surface area (Å²) in [6, 6.07) is -0.757. The van der Waals surface area contributed by atoms with E-state index in [-0.39, 0.29) is 18.9 Å². The molecule has 0 aromatic rings. The number of nitrogens with one attached hydrogen (secondary N) is 1. The summed E-state index contributed by atoms with van der Waals surface area (Å²) in [5.41, 5.74) is 0. The molecule has 0 bridgehead atoms. The lowest BCUT2D eigenvalue weighted by molar-refractivity contribution is -0.124. The number of hydrogen-bond acceptors (Lipinski definition) is 4. The average molecular weight is 720 g/mol. The number of carbonyl (C=O) groups excluding carboxylic acids is 1. The van der Waals surface area contributed by atoms with Gasteiger partial charge in [0, 0.05) is 0 Å². The van der Waals surface area contributed by atoms with Gasteiger partial charge in [0.2, 0.25) is 5.91 Å². The van der Waals surface area contributed by atoms with Gasteiger partial charge in [0.05, 0.1) is 31.3 Å². The number of unbranched alkanes of at least 4 members (excludes halogenated alkanes) is 30. The summed E-state index contributed by atoms with van der Waals surface area (Å²) >= 11 is 0. The van der Waals surface area contributed by atoms with Crippen molar-refractivity contribution < 1.29 is 20.1 Å². The Morgan fingerprint density at radius 1 is 0.490 bits per heavy atom. The Bertz CT molecular complexity index is 754. The van der Waals surface area contributed by atoms with Crippen LogP contribution in [0.2, 0.25) is 0 Å². The minimum Gasteiger partial charge on any atom is -0.394 e. The number of amides is 1. The molecule has 0 heterocycles. The molecule has 3 atom stereocenters. The largest absolute Gasteiger partial charge is 0.394 e. The number of allylic oxidation sites excluding steroid dienone is 3. The van der Waals surface area contributed by atoms with Gasteiger partial charge in [-0.05, 0) is 32.1 Å². The highest BCUT2D eigenvalue weighted by atomic mass is 16.3. The van der Waals surface area contributed by atoms with E-state index in [1.165, 1.54) is 180 Å². The van der Waals surface area contributed by atoms with E-state index in [9.17, 15) is 20.1 Å². The molecule has 0 aromatic heterocycles.